The van der Waals surface area contributed by atoms with Gasteiger partial charge in [-0.25, -0.2) is 0 Å². The molecule has 16 heavy (non-hydrogen) atoms. The largest absolute Gasteiger partial charge is 0.493 e. The Morgan fingerprint density at radius 2 is 2.00 bits per heavy atom. The van der Waals surface area contributed by atoms with Gasteiger partial charge in [-0.05, 0) is 40.5 Å². The van der Waals surface area contributed by atoms with Crippen molar-refractivity contribution in [3.63, 3.8) is 0 Å². The number of hydrogen-bond acceptors (Lipinski definition) is 1. The highest BCUT2D eigenvalue weighted by Gasteiger charge is 2.38. The van der Waals surface area contributed by atoms with Gasteiger partial charge in [-0.3, -0.25) is 0 Å². The Morgan fingerprint density at radius 3 is 2.44 bits per heavy atom. The maximum Gasteiger partial charge on any atom is 0.405 e. The number of halogens is 5. The van der Waals surface area contributed by atoms with Crippen molar-refractivity contribution in [1.29, 1.82) is 0 Å². The summed E-state index contributed by atoms with van der Waals surface area (Å²) < 4.78 is 43.0. The Balaban J connectivity index is 2.97. The molecule has 1 atom stereocenters. The van der Waals surface area contributed by atoms with Gasteiger partial charge in [0.05, 0.1) is 11.1 Å². The molecule has 0 aliphatic rings. The third-order valence-corrected chi connectivity index (χ3v) is 3.50. The molecule has 1 nitrogen and oxygen atoms in total. The molecule has 0 bridgehead atoms. The summed E-state index contributed by atoms with van der Waals surface area (Å²) in [5.41, 5.74) is 0.142. The fraction of sp³-hybridized carbons (Fsp3) is 0.400. The van der Waals surface area contributed by atoms with Crippen molar-refractivity contribution < 1.29 is 17.9 Å². The molecule has 0 fully saturated rings. The molecular weight excluding hydrogens is 353 g/mol. The fourth-order valence-electron chi connectivity index (χ4n) is 1.14. The average molecular weight is 362 g/mol. The molecule has 0 saturated carbocycles. The molecule has 90 valence electrons. The van der Waals surface area contributed by atoms with Gasteiger partial charge in [0.2, 0.25) is 0 Å². The van der Waals surface area contributed by atoms with Gasteiger partial charge < -0.3 is 4.74 Å². The Bertz CT molecular complexity index is 366. The third kappa shape index (κ3) is 3.38. The first-order chi connectivity index (χ1) is 7.36. The minimum Gasteiger partial charge on any atom is -0.493 e. The topological polar surface area (TPSA) is 9.23 Å². The van der Waals surface area contributed by atoms with E-state index in [-0.39, 0.29) is 5.56 Å². The van der Waals surface area contributed by atoms with Crippen LogP contribution in [0.1, 0.15) is 17.3 Å². The van der Waals surface area contributed by atoms with Gasteiger partial charge >= 0.3 is 6.18 Å². The lowest BCUT2D eigenvalue weighted by Crippen LogP contribution is -2.15. The lowest BCUT2D eigenvalue weighted by Gasteiger charge is -2.15. The van der Waals surface area contributed by atoms with Gasteiger partial charge in [0, 0.05) is 0 Å². The van der Waals surface area contributed by atoms with E-state index < -0.39 is 11.0 Å². The average Bonchev–Trinajstić information content (AvgIpc) is 2.19. The molecule has 0 spiro atoms. The van der Waals surface area contributed by atoms with Crippen LogP contribution in [-0.4, -0.2) is 12.8 Å². The normalized spacial score (nSPS) is 13.6. The second-order valence-electron chi connectivity index (χ2n) is 3.03. The highest BCUT2D eigenvalue weighted by Crippen LogP contribution is 2.41. The molecule has 0 aromatic heterocycles. The standard InChI is InChI=1S/C10H9Br2F3O/c1-2-16-8-4-3-6(5-7(8)11)9(12)10(13,14)15/h3-5,9H,2H2,1H3. The molecule has 0 aliphatic carbocycles. The van der Waals surface area contributed by atoms with E-state index in [9.17, 15) is 13.2 Å². The minimum absolute atomic E-state index is 0.142. The van der Waals surface area contributed by atoms with E-state index in [0.717, 1.165) is 0 Å². The smallest absolute Gasteiger partial charge is 0.405 e. The van der Waals surface area contributed by atoms with E-state index in [0.29, 0.717) is 16.8 Å². The first-order valence-corrected chi connectivity index (χ1v) is 6.20. The molecule has 0 N–H and O–H groups in total. The molecule has 1 unspecified atom stereocenters. The fourth-order valence-corrected chi connectivity index (χ4v) is 1.93. The van der Waals surface area contributed by atoms with Crippen molar-refractivity contribution >= 4 is 31.9 Å². The summed E-state index contributed by atoms with van der Waals surface area (Å²) in [6, 6.07) is 4.31. The monoisotopic (exact) mass is 360 g/mol. The van der Waals surface area contributed by atoms with E-state index in [1.54, 1.807) is 0 Å². The highest BCUT2D eigenvalue weighted by molar-refractivity contribution is 9.10. The Morgan fingerprint density at radius 1 is 1.38 bits per heavy atom. The quantitative estimate of drug-likeness (QED) is 0.699. The molecule has 0 saturated heterocycles. The van der Waals surface area contributed by atoms with Crippen LogP contribution in [0.2, 0.25) is 0 Å². The maximum atomic E-state index is 12.4. The van der Waals surface area contributed by atoms with Crippen LogP contribution in [0.4, 0.5) is 13.2 Å². The van der Waals surface area contributed by atoms with Crippen LogP contribution >= 0.6 is 31.9 Å². The summed E-state index contributed by atoms with van der Waals surface area (Å²) in [6.07, 6.45) is -4.30. The zero-order valence-corrected chi connectivity index (χ0v) is 11.5. The Hall–Kier alpha value is -0.230. The van der Waals surface area contributed by atoms with E-state index in [4.69, 9.17) is 4.74 Å². The van der Waals surface area contributed by atoms with E-state index in [1.807, 2.05) is 6.92 Å². The van der Waals surface area contributed by atoms with Crippen molar-refractivity contribution in [3.8, 4) is 5.75 Å². The first-order valence-electron chi connectivity index (χ1n) is 4.49. The third-order valence-electron chi connectivity index (χ3n) is 1.84. The second-order valence-corrected chi connectivity index (χ2v) is 4.80. The van der Waals surface area contributed by atoms with E-state index >= 15 is 0 Å². The number of hydrogen-bond donors (Lipinski definition) is 0. The van der Waals surface area contributed by atoms with Gasteiger partial charge in [-0.15, -0.1) is 0 Å². The van der Waals surface area contributed by atoms with Crippen LogP contribution < -0.4 is 4.74 Å². The van der Waals surface area contributed by atoms with Crippen molar-refractivity contribution in [1.82, 2.24) is 0 Å². The lowest BCUT2D eigenvalue weighted by atomic mass is 10.1. The molecule has 6 heteroatoms. The Labute approximate surface area is 108 Å². The molecular formula is C10H9Br2F3O. The number of benzene rings is 1. The van der Waals surface area contributed by atoms with E-state index in [2.05, 4.69) is 31.9 Å². The number of rotatable bonds is 3. The predicted octanol–water partition coefficient (Wildman–Crippen LogP) is 4.85. The summed E-state index contributed by atoms with van der Waals surface area (Å²) >= 11 is 5.79. The van der Waals surface area contributed by atoms with Gasteiger partial charge in [0.15, 0.2) is 0 Å². The minimum atomic E-state index is -4.30. The van der Waals surface area contributed by atoms with Crippen LogP contribution in [0.3, 0.4) is 0 Å². The van der Waals surface area contributed by atoms with Gasteiger partial charge in [-0.2, -0.15) is 13.2 Å². The van der Waals surface area contributed by atoms with Crippen LogP contribution in [0.5, 0.6) is 5.75 Å². The van der Waals surface area contributed by atoms with Gasteiger partial charge in [0.1, 0.15) is 10.6 Å². The Kier molecular flexibility index (Phi) is 4.67. The number of alkyl halides is 4. The van der Waals surface area contributed by atoms with E-state index in [1.165, 1.54) is 18.2 Å². The molecule has 0 heterocycles. The maximum absolute atomic E-state index is 12.4. The predicted molar refractivity (Wildman–Crippen MR) is 63.0 cm³/mol. The van der Waals surface area contributed by atoms with Crippen LogP contribution in [0.15, 0.2) is 22.7 Å². The van der Waals surface area contributed by atoms with Crippen molar-refractivity contribution in [2.75, 3.05) is 6.61 Å². The zero-order chi connectivity index (χ0) is 12.3. The zero-order valence-electron chi connectivity index (χ0n) is 8.31. The second kappa shape index (κ2) is 5.40. The first kappa shape index (κ1) is 13.8. The van der Waals surface area contributed by atoms with Crippen LogP contribution in [0.25, 0.3) is 0 Å². The van der Waals surface area contributed by atoms with Gasteiger partial charge in [-0.1, -0.05) is 22.0 Å². The molecule has 1 aromatic rings. The van der Waals surface area contributed by atoms with Crippen molar-refractivity contribution in [2.45, 2.75) is 17.9 Å². The van der Waals surface area contributed by atoms with Gasteiger partial charge in [0.25, 0.3) is 0 Å². The summed E-state index contributed by atoms with van der Waals surface area (Å²) in [5, 5.41) is 0. The summed E-state index contributed by atoms with van der Waals surface area (Å²) in [4.78, 5) is -1.66. The SMILES string of the molecule is CCOc1ccc(C(Br)C(F)(F)F)cc1Br. The summed E-state index contributed by atoms with van der Waals surface area (Å²) in [6.45, 7) is 2.28. The molecule has 1 aromatic carbocycles. The summed E-state index contributed by atoms with van der Waals surface area (Å²) in [5.74, 6) is 0.535. The van der Waals surface area contributed by atoms with Crippen molar-refractivity contribution in [3.05, 3.63) is 28.2 Å². The molecule has 0 radical (unpaired) electrons. The number of ether oxygens (including phenoxy) is 1. The van der Waals surface area contributed by atoms with Crippen LogP contribution in [-0.2, 0) is 0 Å². The van der Waals surface area contributed by atoms with Crippen LogP contribution in [0, 0.1) is 0 Å². The lowest BCUT2D eigenvalue weighted by molar-refractivity contribution is -0.128. The summed E-state index contributed by atoms with van der Waals surface area (Å²) in [7, 11) is 0. The molecule has 0 aliphatic heterocycles. The molecule has 0 amide bonds. The molecule has 1 rings (SSSR count). The van der Waals surface area contributed by atoms with Crippen molar-refractivity contribution in [2.24, 2.45) is 0 Å². The highest BCUT2D eigenvalue weighted by atomic mass is 79.9.